The molecule has 0 aromatic rings. The van der Waals surface area contributed by atoms with Crippen molar-refractivity contribution in [2.45, 2.75) is 63.3 Å². The number of hydrogen-bond donors (Lipinski definition) is 0. The largest absolute Gasteiger partial charge is 0.353 e. The third kappa shape index (κ3) is 2.00. The van der Waals surface area contributed by atoms with Crippen LogP contribution in [-0.2, 0) is 9.47 Å². The van der Waals surface area contributed by atoms with E-state index in [-0.39, 0.29) is 11.9 Å². The van der Waals surface area contributed by atoms with Gasteiger partial charge in [0, 0.05) is 6.61 Å². The summed E-state index contributed by atoms with van der Waals surface area (Å²) in [5.41, 5.74) is 0.0614. The fourth-order valence-corrected chi connectivity index (χ4v) is 5.39. The molecule has 4 bridgehead atoms. The van der Waals surface area contributed by atoms with Gasteiger partial charge in [-0.05, 0) is 69.1 Å². The van der Waals surface area contributed by atoms with Crippen LogP contribution in [0, 0.1) is 35.0 Å². The molecule has 0 aromatic carbocycles. The summed E-state index contributed by atoms with van der Waals surface area (Å²) < 4.78 is 12.2. The van der Waals surface area contributed by atoms with Gasteiger partial charge in [-0.2, -0.15) is 5.26 Å². The van der Waals surface area contributed by atoms with E-state index in [4.69, 9.17) is 9.47 Å². The lowest BCUT2D eigenvalue weighted by atomic mass is 9.50. The maximum absolute atomic E-state index is 9.39. The van der Waals surface area contributed by atoms with E-state index in [1.165, 1.54) is 32.1 Å². The van der Waals surface area contributed by atoms with Crippen LogP contribution in [0.5, 0.6) is 0 Å². The Kier molecular flexibility index (Phi) is 2.86. The second kappa shape index (κ2) is 4.46. The quantitative estimate of drug-likeness (QED) is 0.766. The van der Waals surface area contributed by atoms with Gasteiger partial charge < -0.3 is 9.47 Å². The first-order valence-corrected chi connectivity index (χ1v) is 7.97. The molecule has 0 N–H and O–H groups in total. The van der Waals surface area contributed by atoms with E-state index in [9.17, 15) is 5.26 Å². The Morgan fingerprint density at radius 1 is 1.11 bits per heavy atom. The molecule has 4 saturated carbocycles. The molecule has 0 aromatic heterocycles. The van der Waals surface area contributed by atoms with Gasteiger partial charge in [-0.25, -0.2) is 0 Å². The molecule has 19 heavy (non-hydrogen) atoms. The smallest absolute Gasteiger partial charge is 0.158 e. The fraction of sp³-hybridized carbons (Fsp3) is 0.938. The number of ether oxygens (including phenoxy) is 2. The normalized spacial score (nSPS) is 52.1. The Morgan fingerprint density at radius 3 is 2.53 bits per heavy atom. The molecule has 1 heterocycles. The molecule has 3 heteroatoms. The summed E-state index contributed by atoms with van der Waals surface area (Å²) in [6.45, 7) is 0.859. The van der Waals surface area contributed by atoms with Gasteiger partial charge in [-0.15, -0.1) is 0 Å². The van der Waals surface area contributed by atoms with Crippen molar-refractivity contribution in [1.29, 1.82) is 5.26 Å². The summed E-state index contributed by atoms with van der Waals surface area (Å²) in [6.07, 6.45) is 9.48. The lowest BCUT2D eigenvalue weighted by Crippen LogP contribution is -2.56. The maximum atomic E-state index is 9.39. The van der Waals surface area contributed by atoms with Crippen LogP contribution in [-0.4, -0.2) is 18.5 Å². The molecule has 0 spiro atoms. The minimum Gasteiger partial charge on any atom is -0.353 e. The maximum Gasteiger partial charge on any atom is 0.158 e. The Morgan fingerprint density at radius 2 is 1.89 bits per heavy atom. The number of hydrogen-bond acceptors (Lipinski definition) is 3. The van der Waals surface area contributed by atoms with Crippen LogP contribution >= 0.6 is 0 Å². The second-order valence-electron chi connectivity index (χ2n) is 7.22. The first kappa shape index (κ1) is 12.2. The highest BCUT2D eigenvalue weighted by Crippen LogP contribution is 2.59. The first-order valence-electron chi connectivity index (χ1n) is 7.97. The van der Waals surface area contributed by atoms with Gasteiger partial charge in [0.2, 0.25) is 0 Å². The van der Waals surface area contributed by atoms with Crippen molar-refractivity contribution in [3.05, 3.63) is 0 Å². The SMILES string of the molecule is N#CC1C2CC3CC1CC(OC1CCCCO1)(C3)C2. The Balaban J connectivity index is 1.51. The topological polar surface area (TPSA) is 42.2 Å². The number of nitrogens with zero attached hydrogens (tertiary/aromatic N) is 1. The standard InChI is InChI=1S/C16H23NO2/c17-10-14-12-5-11-6-13(14)9-16(7-11,8-12)19-15-3-1-2-4-18-15/h11-15H,1-9H2. The monoisotopic (exact) mass is 261 g/mol. The highest BCUT2D eigenvalue weighted by molar-refractivity contribution is 5.11. The van der Waals surface area contributed by atoms with Crippen LogP contribution in [0.15, 0.2) is 0 Å². The lowest BCUT2D eigenvalue weighted by Gasteiger charge is -2.58. The Hall–Kier alpha value is -0.590. The van der Waals surface area contributed by atoms with E-state index < -0.39 is 0 Å². The summed E-state index contributed by atoms with van der Waals surface area (Å²) in [5.74, 6) is 2.31. The van der Waals surface area contributed by atoms with E-state index in [1.807, 2.05) is 0 Å². The molecule has 5 rings (SSSR count). The summed E-state index contributed by atoms with van der Waals surface area (Å²) in [4.78, 5) is 0. The predicted octanol–water partition coefficient (Wildman–Crippen LogP) is 3.25. The summed E-state index contributed by atoms with van der Waals surface area (Å²) in [7, 11) is 0. The van der Waals surface area contributed by atoms with Gasteiger partial charge >= 0.3 is 0 Å². The molecule has 104 valence electrons. The van der Waals surface area contributed by atoms with Gasteiger partial charge in [-0.1, -0.05) is 0 Å². The van der Waals surface area contributed by atoms with Gasteiger partial charge in [0.1, 0.15) is 0 Å². The van der Waals surface area contributed by atoms with Crippen molar-refractivity contribution in [3.8, 4) is 6.07 Å². The molecule has 0 radical (unpaired) electrons. The molecule has 0 amide bonds. The van der Waals surface area contributed by atoms with Gasteiger partial charge in [-0.3, -0.25) is 0 Å². The van der Waals surface area contributed by atoms with Crippen molar-refractivity contribution in [2.75, 3.05) is 6.61 Å². The molecule has 3 atom stereocenters. The van der Waals surface area contributed by atoms with Crippen molar-refractivity contribution in [3.63, 3.8) is 0 Å². The van der Waals surface area contributed by atoms with Crippen LogP contribution in [0.4, 0.5) is 0 Å². The second-order valence-corrected chi connectivity index (χ2v) is 7.22. The summed E-state index contributed by atoms with van der Waals surface area (Å²) in [5, 5.41) is 9.39. The van der Waals surface area contributed by atoms with Crippen molar-refractivity contribution >= 4 is 0 Å². The van der Waals surface area contributed by atoms with Crippen LogP contribution in [0.25, 0.3) is 0 Å². The van der Waals surface area contributed by atoms with Crippen LogP contribution in [0.1, 0.15) is 51.4 Å². The average Bonchev–Trinajstić information content (AvgIpc) is 2.38. The number of rotatable bonds is 2. The van der Waals surface area contributed by atoms with Gasteiger partial charge in [0.15, 0.2) is 6.29 Å². The molecule has 1 saturated heterocycles. The van der Waals surface area contributed by atoms with Gasteiger partial charge in [0.05, 0.1) is 17.6 Å². The average molecular weight is 261 g/mol. The molecule has 3 nitrogen and oxygen atoms in total. The van der Waals surface area contributed by atoms with Crippen LogP contribution in [0.2, 0.25) is 0 Å². The van der Waals surface area contributed by atoms with Crippen LogP contribution < -0.4 is 0 Å². The first-order chi connectivity index (χ1) is 9.28. The van der Waals surface area contributed by atoms with E-state index >= 15 is 0 Å². The minimum absolute atomic E-state index is 0.0329. The predicted molar refractivity (Wildman–Crippen MR) is 70.1 cm³/mol. The van der Waals surface area contributed by atoms with E-state index in [2.05, 4.69) is 6.07 Å². The molecule has 3 unspecified atom stereocenters. The molecular formula is C16H23NO2. The van der Waals surface area contributed by atoms with Crippen molar-refractivity contribution in [1.82, 2.24) is 0 Å². The van der Waals surface area contributed by atoms with E-state index in [0.717, 1.165) is 31.8 Å². The molecule has 5 fully saturated rings. The zero-order valence-electron chi connectivity index (χ0n) is 11.5. The highest BCUT2D eigenvalue weighted by Gasteiger charge is 2.56. The van der Waals surface area contributed by atoms with E-state index in [0.29, 0.717) is 17.8 Å². The Labute approximate surface area is 115 Å². The third-order valence-corrected chi connectivity index (χ3v) is 5.89. The highest BCUT2D eigenvalue weighted by atomic mass is 16.7. The van der Waals surface area contributed by atoms with E-state index in [1.54, 1.807) is 0 Å². The fourth-order valence-electron chi connectivity index (χ4n) is 5.39. The van der Waals surface area contributed by atoms with Crippen molar-refractivity contribution < 1.29 is 9.47 Å². The Bertz CT molecular complexity index is 380. The molecular weight excluding hydrogens is 238 g/mol. The summed E-state index contributed by atoms with van der Waals surface area (Å²) in [6, 6.07) is 2.58. The molecule has 4 aliphatic carbocycles. The molecule has 5 aliphatic rings. The third-order valence-electron chi connectivity index (χ3n) is 5.89. The number of nitriles is 1. The minimum atomic E-state index is 0.0329. The zero-order chi connectivity index (χ0) is 12.9. The van der Waals surface area contributed by atoms with Gasteiger partial charge in [0.25, 0.3) is 0 Å². The van der Waals surface area contributed by atoms with Crippen LogP contribution in [0.3, 0.4) is 0 Å². The van der Waals surface area contributed by atoms with Crippen molar-refractivity contribution in [2.24, 2.45) is 23.7 Å². The summed E-state index contributed by atoms with van der Waals surface area (Å²) >= 11 is 0. The zero-order valence-corrected chi connectivity index (χ0v) is 11.5. The molecule has 1 aliphatic heterocycles. The lowest BCUT2D eigenvalue weighted by molar-refractivity contribution is -0.269.